The molecule has 0 atom stereocenters. The Balaban J connectivity index is 1.42. The molecule has 0 radical (unpaired) electrons. The second-order valence-electron chi connectivity index (χ2n) is 7.38. The molecule has 0 bridgehead atoms. The molecule has 1 aromatic carbocycles. The van der Waals surface area contributed by atoms with Crippen molar-refractivity contribution in [3.63, 3.8) is 0 Å². The third-order valence-corrected chi connectivity index (χ3v) is 6.05. The summed E-state index contributed by atoms with van der Waals surface area (Å²) >= 11 is 1.29. The van der Waals surface area contributed by atoms with Crippen molar-refractivity contribution in [1.29, 1.82) is 0 Å². The Hall–Kier alpha value is -2.28. The Morgan fingerprint density at radius 3 is 2.61 bits per heavy atom. The number of aryl methyl sites for hydroxylation is 2. The fourth-order valence-corrected chi connectivity index (χ4v) is 4.24. The van der Waals surface area contributed by atoms with E-state index in [1.165, 1.54) is 37.0 Å². The Bertz CT molecular complexity index is 797. The van der Waals surface area contributed by atoms with Gasteiger partial charge in [0.25, 0.3) is 5.91 Å². The second-order valence-corrected chi connectivity index (χ2v) is 8.44. The molecule has 1 aromatic heterocycles. The maximum Gasteiger partial charge on any atom is 0.286 e. The van der Waals surface area contributed by atoms with E-state index >= 15 is 0 Å². The van der Waals surface area contributed by atoms with Gasteiger partial charge >= 0.3 is 0 Å². The minimum atomic E-state index is -0.246. The van der Waals surface area contributed by atoms with Crippen LogP contribution in [0, 0.1) is 6.92 Å². The smallest absolute Gasteiger partial charge is 0.286 e. The van der Waals surface area contributed by atoms with E-state index in [1.54, 1.807) is 0 Å². The molecule has 1 aliphatic rings. The number of carbonyl (C=O) groups excluding carboxylic acids is 2. The second kappa shape index (κ2) is 10.3. The van der Waals surface area contributed by atoms with Crippen molar-refractivity contribution in [2.75, 3.05) is 5.32 Å². The first-order chi connectivity index (χ1) is 13.6. The van der Waals surface area contributed by atoms with Crippen LogP contribution in [0.5, 0.6) is 0 Å². The van der Waals surface area contributed by atoms with E-state index < -0.39 is 0 Å². The number of amides is 2. The fraction of sp³-hybridized carbons (Fsp3) is 0.524. The SMILES string of the molecule is Cc1ccccc1NC(=O)c1nnc(CCCC(=O)NC2CCCCCC2)s1. The largest absolute Gasteiger partial charge is 0.353 e. The van der Waals surface area contributed by atoms with Crippen LogP contribution < -0.4 is 10.6 Å². The van der Waals surface area contributed by atoms with Crippen LogP contribution in [0.25, 0.3) is 0 Å². The highest BCUT2D eigenvalue weighted by Gasteiger charge is 2.16. The van der Waals surface area contributed by atoms with E-state index in [9.17, 15) is 9.59 Å². The number of para-hydroxylation sites is 1. The highest BCUT2D eigenvalue weighted by Crippen LogP contribution is 2.19. The lowest BCUT2D eigenvalue weighted by Crippen LogP contribution is -2.34. The van der Waals surface area contributed by atoms with Gasteiger partial charge in [0.1, 0.15) is 5.01 Å². The predicted octanol–water partition coefficient (Wildman–Crippen LogP) is 4.26. The molecule has 1 fully saturated rings. The van der Waals surface area contributed by atoms with Crippen LogP contribution in [0.4, 0.5) is 5.69 Å². The van der Waals surface area contributed by atoms with E-state index in [2.05, 4.69) is 20.8 Å². The maximum absolute atomic E-state index is 12.3. The Labute approximate surface area is 170 Å². The molecule has 0 unspecified atom stereocenters. The number of nitrogens with zero attached hydrogens (tertiary/aromatic N) is 2. The standard InChI is InChI=1S/C21H28N4O2S/c1-15-9-6-7-12-17(15)23-20(27)21-25-24-19(28-21)14-8-13-18(26)22-16-10-4-2-3-5-11-16/h6-7,9,12,16H,2-5,8,10-11,13-14H2,1H3,(H,22,26)(H,23,27). The minimum absolute atomic E-state index is 0.119. The number of carbonyl (C=O) groups is 2. The van der Waals surface area contributed by atoms with Crippen molar-refractivity contribution in [1.82, 2.24) is 15.5 Å². The molecule has 7 heteroatoms. The quantitative estimate of drug-likeness (QED) is 0.680. The third-order valence-electron chi connectivity index (χ3n) is 5.07. The van der Waals surface area contributed by atoms with Crippen LogP contribution in [0.3, 0.4) is 0 Å². The fourth-order valence-electron chi connectivity index (χ4n) is 3.46. The van der Waals surface area contributed by atoms with Gasteiger partial charge in [0.15, 0.2) is 0 Å². The summed E-state index contributed by atoms with van der Waals surface area (Å²) in [5.74, 6) is -0.127. The molecule has 1 saturated carbocycles. The zero-order valence-electron chi connectivity index (χ0n) is 16.4. The first-order valence-corrected chi connectivity index (χ1v) is 10.9. The van der Waals surface area contributed by atoms with Crippen molar-refractivity contribution in [2.24, 2.45) is 0 Å². The molecule has 1 heterocycles. The molecule has 0 spiro atoms. The molecule has 2 aromatic rings. The number of rotatable bonds is 7. The van der Waals surface area contributed by atoms with Gasteiger partial charge in [-0.25, -0.2) is 0 Å². The molecular formula is C21H28N4O2S. The number of nitrogens with one attached hydrogen (secondary N) is 2. The molecule has 2 amide bonds. The van der Waals surface area contributed by atoms with Crippen LogP contribution in [0.15, 0.2) is 24.3 Å². The van der Waals surface area contributed by atoms with Crippen LogP contribution in [0.2, 0.25) is 0 Å². The highest BCUT2D eigenvalue weighted by molar-refractivity contribution is 7.13. The van der Waals surface area contributed by atoms with Gasteiger partial charge in [-0.1, -0.05) is 55.2 Å². The third kappa shape index (κ3) is 6.12. The average Bonchev–Trinajstić information content (AvgIpc) is 3.00. The lowest BCUT2D eigenvalue weighted by atomic mass is 10.1. The highest BCUT2D eigenvalue weighted by atomic mass is 32.1. The molecule has 3 rings (SSSR count). The number of hydrogen-bond donors (Lipinski definition) is 2. The summed E-state index contributed by atoms with van der Waals surface area (Å²) in [6.07, 6.45) is 9.04. The summed E-state index contributed by atoms with van der Waals surface area (Å²) in [7, 11) is 0. The van der Waals surface area contributed by atoms with Gasteiger partial charge in [0.2, 0.25) is 10.9 Å². The van der Waals surface area contributed by atoms with Crippen molar-refractivity contribution in [3.8, 4) is 0 Å². The number of hydrogen-bond acceptors (Lipinski definition) is 5. The van der Waals surface area contributed by atoms with Gasteiger partial charge in [0, 0.05) is 24.6 Å². The predicted molar refractivity (Wildman–Crippen MR) is 112 cm³/mol. The van der Waals surface area contributed by atoms with E-state index in [0.717, 1.165) is 29.1 Å². The van der Waals surface area contributed by atoms with E-state index in [1.807, 2.05) is 31.2 Å². The zero-order valence-corrected chi connectivity index (χ0v) is 17.2. The van der Waals surface area contributed by atoms with Crippen LogP contribution in [0.1, 0.15) is 71.7 Å². The van der Waals surface area contributed by atoms with Gasteiger partial charge in [-0.2, -0.15) is 0 Å². The summed E-state index contributed by atoms with van der Waals surface area (Å²) in [4.78, 5) is 24.5. The minimum Gasteiger partial charge on any atom is -0.353 e. The summed E-state index contributed by atoms with van der Waals surface area (Å²) in [6.45, 7) is 1.95. The molecule has 2 N–H and O–H groups in total. The van der Waals surface area contributed by atoms with Crippen molar-refractivity contribution in [3.05, 3.63) is 39.8 Å². The molecule has 0 aliphatic heterocycles. The first-order valence-electron chi connectivity index (χ1n) is 10.1. The normalized spacial score (nSPS) is 15.0. The van der Waals surface area contributed by atoms with E-state index in [4.69, 9.17) is 0 Å². The Morgan fingerprint density at radius 1 is 1.11 bits per heavy atom. The van der Waals surface area contributed by atoms with E-state index in [-0.39, 0.29) is 11.8 Å². The zero-order chi connectivity index (χ0) is 19.8. The average molecular weight is 401 g/mol. The van der Waals surface area contributed by atoms with Crippen LogP contribution in [-0.2, 0) is 11.2 Å². The van der Waals surface area contributed by atoms with Gasteiger partial charge in [0.05, 0.1) is 0 Å². The summed E-state index contributed by atoms with van der Waals surface area (Å²) in [5, 5.41) is 15.3. The maximum atomic E-state index is 12.3. The number of anilines is 1. The molecule has 6 nitrogen and oxygen atoms in total. The Kier molecular flexibility index (Phi) is 7.54. The lowest BCUT2D eigenvalue weighted by Gasteiger charge is -2.15. The topological polar surface area (TPSA) is 84.0 Å². The Morgan fingerprint density at radius 2 is 1.86 bits per heavy atom. The van der Waals surface area contributed by atoms with Crippen LogP contribution >= 0.6 is 11.3 Å². The molecular weight excluding hydrogens is 372 g/mol. The lowest BCUT2D eigenvalue weighted by molar-refractivity contribution is -0.121. The molecule has 0 saturated heterocycles. The number of benzene rings is 1. The number of aromatic nitrogens is 2. The van der Waals surface area contributed by atoms with Gasteiger partial charge in [-0.3, -0.25) is 9.59 Å². The van der Waals surface area contributed by atoms with Gasteiger partial charge in [-0.05, 0) is 37.8 Å². The van der Waals surface area contributed by atoms with Crippen molar-refractivity contribution >= 4 is 28.8 Å². The molecule has 150 valence electrons. The van der Waals surface area contributed by atoms with Gasteiger partial charge < -0.3 is 10.6 Å². The molecule has 1 aliphatic carbocycles. The van der Waals surface area contributed by atoms with Gasteiger partial charge in [-0.15, -0.1) is 10.2 Å². The molecule has 28 heavy (non-hydrogen) atoms. The van der Waals surface area contributed by atoms with Crippen molar-refractivity contribution in [2.45, 2.75) is 70.8 Å². The monoisotopic (exact) mass is 400 g/mol. The summed E-state index contributed by atoms with van der Waals surface area (Å²) in [5.41, 5.74) is 1.78. The summed E-state index contributed by atoms with van der Waals surface area (Å²) < 4.78 is 0. The van der Waals surface area contributed by atoms with Crippen molar-refractivity contribution < 1.29 is 9.59 Å². The summed E-state index contributed by atoms with van der Waals surface area (Å²) in [6, 6.07) is 7.96. The van der Waals surface area contributed by atoms with E-state index in [0.29, 0.717) is 30.3 Å². The first kappa shape index (κ1) is 20.5. The van der Waals surface area contributed by atoms with Crippen LogP contribution in [-0.4, -0.2) is 28.1 Å².